The standard InChI is InChI=1S/C71H137N2O7P/c1-7-10-13-16-19-22-25-27-29-31-33-34-35-36-37-38-40-41-43-45-48-51-54-57-60-63-70(74)72-68(67-79-81(76,77)78-66-65-73(4,5)6)69(62-59-56-53-50-47-24-21-18-15-12-9-3)80-71(75)64-61-58-55-52-49-46-44-42-39-32-30-28-26-23-20-17-14-11-8-2/h20,23,28,30,59,62,68-69H,7-19,21-22,24-27,29,31-58,60-61,63-67H2,1-6H3,(H-,72,74,76,77)/p+1/b23-20-,30-28-,62-59+. The van der Waals surface area contributed by atoms with Gasteiger partial charge < -0.3 is 19.4 Å². The third-order valence-corrected chi connectivity index (χ3v) is 17.1. The van der Waals surface area contributed by atoms with Crippen LogP contribution in [0.1, 0.15) is 355 Å². The first-order valence-electron chi connectivity index (χ1n) is 35.3. The number of esters is 1. The van der Waals surface area contributed by atoms with E-state index in [0.717, 1.165) is 64.2 Å². The summed E-state index contributed by atoms with van der Waals surface area (Å²) in [5, 5.41) is 3.07. The number of rotatable bonds is 65. The molecular formula is C71H138N2O7P+. The zero-order valence-corrected chi connectivity index (χ0v) is 55.7. The zero-order chi connectivity index (χ0) is 59.3. The minimum absolute atomic E-state index is 0.0422. The highest BCUT2D eigenvalue weighted by atomic mass is 31.2. The van der Waals surface area contributed by atoms with Gasteiger partial charge in [-0.3, -0.25) is 18.6 Å². The lowest BCUT2D eigenvalue weighted by molar-refractivity contribution is -0.870. The lowest BCUT2D eigenvalue weighted by Gasteiger charge is -2.27. The van der Waals surface area contributed by atoms with Crippen LogP contribution in [0.15, 0.2) is 36.5 Å². The van der Waals surface area contributed by atoms with Crippen LogP contribution in [0.3, 0.4) is 0 Å². The van der Waals surface area contributed by atoms with Crippen LogP contribution in [-0.2, 0) is 27.9 Å². The number of phosphoric acid groups is 1. The largest absolute Gasteiger partial charge is 0.472 e. The van der Waals surface area contributed by atoms with Gasteiger partial charge in [0.15, 0.2) is 0 Å². The van der Waals surface area contributed by atoms with Crippen molar-refractivity contribution in [1.29, 1.82) is 0 Å². The van der Waals surface area contributed by atoms with Crippen molar-refractivity contribution in [3.05, 3.63) is 36.5 Å². The van der Waals surface area contributed by atoms with Crippen LogP contribution in [0.25, 0.3) is 0 Å². The summed E-state index contributed by atoms with van der Waals surface area (Å²) in [6, 6.07) is -0.846. The van der Waals surface area contributed by atoms with E-state index in [0.29, 0.717) is 23.9 Å². The van der Waals surface area contributed by atoms with E-state index in [4.69, 9.17) is 13.8 Å². The summed E-state index contributed by atoms with van der Waals surface area (Å²) in [5.41, 5.74) is 0. The van der Waals surface area contributed by atoms with Gasteiger partial charge in [0, 0.05) is 12.8 Å². The van der Waals surface area contributed by atoms with Crippen molar-refractivity contribution in [2.45, 2.75) is 367 Å². The van der Waals surface area contributed by atoms with Gasteiger partial charge in [0.05, 0.1) is 33.8 Å². The molecule has 0 radical (unpaired) electrons. The van der Waals surface area contributed by atoms with E-state index in [1.807, 2.05) is 33.3 Å². The highest BCUT2D eigenvalue weighted by molar-refractivity contribution is 7.47. The Morgan fingerprint density at radius 3 is 1.14 bits per heavy atom. The number of ether oxygens (including phenoxy) is 1. The molecule has 3 atom stereocenters. The number of amides is 1. The number of carbonyl (C=O) groups excluding carboxylic acids is 2. The number of phosphoric ester groups is 1. The molecule has 478 valence electrons. The fourth-order valence-corrected chi connectivity index (χ4v) is 11.4. The van der Waals surface area contributed by atoms with Gasteiger partial charge in [-0.1, -0.05) is 314 Å². The van der Waals surface area contributed by atoms with Crippen LogP contribution >= 0.6 is 7.82 Å². The van der Waals surface area contributed by atoms with Gasteiger partial charge in [0.25, 0.3) is 0 Å². The van der Waals surface area contributed by atoms with Gasteiger partial charge in [-0.2, -0.15) is 0 Å². The highest BCUT2D eigenvalue weighted by Gasteiger charge is 2.30. The maximum absolute atomic E-state index is 13.6. The van der Waals surface area contributed by atoms with Crippen molar-refractivity contribution in [2.75, 3.05) is 40.9 Å². The summed E-state index contributed by atoms with van der Waals surface area (Å²) in [5.74, 6) is -0.492. The van der Waals surface area contributed by atoms with Crippen LogP contribution in [0.5, 0.6) is 0 Å². The van der Waals surface area contributed by atoms with Crippen molar-refractivity contribution in [2.24, 2.45) is 0 Å². The number of allylic oxidation sites excluding steroid dienone is 5. The van der Waals surface area contributed by atoms with Gasteiger partial charge in [0.2, 0.25) is 5.91 Å². The van der Waals surface area contributed by atoms with Gasteiger partial charge in [-0.05, 0) is 63.9 Å². The number of hydrogen-bond acceptors (Lipinski definition) is 6. The molecular weight excluding hydrogens is 1020 g/mol. The fraction of sp³-hybridized carbons (Fsp3) is 0.887. The summed E-state index contributed by atoms with van der Waals surface area (Å²) in [7, 11) is 1.51. The Bertz CT molecular complexity index is 1480. The molecule has 81 heavy (non-hydrogen) atoms. The van der Waals surface area contributed by atoms with Gasteiger partial charge in [-0.25, -0.2) is 4.57 Å². The predicted molar refractivity (Wildman–Crippen MR) is 351 cm³/mol. The molecule has 0 saturated heterocycles. The van der Waals surface area contributed by atoms with Gasteiger partial charge in [0.1, 0.15) is 19.3 Å². The van der Waals surface area contributed by atoms with Crippen LogP contribution < -0.4 is 5.32 Å². The Kier molecular flexibility index (Phi) is 60.0. The zero-order valence-electron chi connectivity index (χ0n) is 54.8. The summed E-state index contributed by atoms with van der Waals surface area (Å²) in [6.07, 6.45) is 75.9. The van der Waals surface area contributed by atoms with Crippen molar-refractivity contribution in [3.8, 4) is 0 Å². The average Bonchev–Trinajstić information content (AvgIpc) is 3.44. The predicted octanol–water partition coefficient (Wildman–Crippen LogP) is 22.2. The van der Waals surface area contributed by atoms with E-state index in [-0.39, 0.29) is 25.1 Å². The summed E-state index contributed by atoms with van der Waals surface area (Å²) < 4.78 is 30.8. The maximum atomic E-state index is 13.6. The first-order valence-corrected chi connectivity index (χ1v) is 36.8. The smallest absolute Gasteiger partial charge is 0.456 e. The third kappa shape index (κ3) is 62.6. The Balaban J connectivity index is 4.99. The first-order chi connectivity index (χ1) is 39.4. The van der Waals surface area contributed by atoms with E-state index in [1.54, 1.807) is 0 Å². The van der Waals surface area contributed by atoms with Crippen LogP contribution in [0, 0.1) is 0 Å². The quantitative estimate of drug-likeness (QED) is 0.0205. The number of quaternary nitrogens is 1. The Morgan fingerprint density at radius 1 is 0.432 bits per heavy atom. The number of nitrogens with one attached hydrogen (secondary N) is 1. The second-order valence-corrected chi connectivity index (χ2v) is 26.9. The average molecular weight is 1160 g/mol. The van der Waals surface area contributed by atoms with E-state index >= 15 is 0 Å². The van der Waals surface area contributed by atoms with Crippen molar-refractivity contribution in [3.63, 3.8) is 0 Å². The molecule has 2 N–H and O–H groups in total. The normalized spacial score (nSPS) is 13.7. The van der Waals surface area contributed by atoms with Gasteiger partial charge >= 0.3 is 13.8 Å². The van der Waals surface area contributed by atoms with Crippen LogP contribution in [0.4, 0.5) is 0 Å². The topological polar surface area (TPSA) is 111 Å². The van der Waals surface area contributed by atoms with Crippen molar-refractivity contribution >= 4 is 19.7 Å². The second-order valence-electron chi connectivity index (χ2n) is 25.4. The molecule has 10 heteroatoms. The van der Waals surface area contributed by atoms with Crippen molar-refractivity contribution < 1.29 is 37.3 Å². The maximum Gasteiger partial charge on any atom is 0.472 e. The second kappa shape index (κ2) is 61.3. The number of unbranched alkanes of at least 4 members (excludes halogenated alkanes) is 45. The van der Waals surface area contributed by atoms with Gasteiger partial charge in [-0.15, -0.1) is 0 Å². The molecule has 0 rings (SSSR count). The minimum atomic E-state index is -4.45. The SMILES string of the molecule is CCCCC/C=C\C/C=C\CCCCCCCCCCCC(=O)OC(/C=C/CCCCCCCCCCC)C(COP(=O)(O)OCC[N+](C)(C)C)NC(=O)CCCCCCCCCCCCCCCCCCCCCCCCCCC. The molecule has 0 aromatic rings. The summed E-state index contributed by atoms with van der Waals surface area (Å²) in [6.45, 7) is 7.04. The number of nitrogens with zero attached hydrogens (tertiary/aromatic N) is 1. The summed E-state index contributed by atoms with van der Waals surface area (Å²) >= 11 is 0. The van der Waals surface area contributed by atoms with E-state index in [2.05, 4.69) is 50.4 Å². The molecule has 0 aliphatic rings. The lowest BCUT2D eigenvalue weighted by atomic mass is 10.0. The van der Waals surface area contributed by atoms with E-state index in [9.17, 15) is 19.0 Å². The summed E-state index contributed by atoms with van der Waals surface area (Å²) in [4.78, 5) is 37.8. The lowest BCUT2D eigenvalue weighted by Crippen LogP contribution is -2.47. The van der Waals surface area contributed by atoms with Crippen molar-refractivity contribution in [1.82, 2.24) is 5.32 Å². The molecule has 9 nitrogen and oxygen atoms in total. The molecule has 0 aliphatic carbocycles. The fourth-order valence-electron chi connectivity index (χ4n) is 10.6. The Labute approximate surface area is 504 Å². The molecule has 0 aliphatic heterocycles. The molecule has 3 unspecified atom stereocenters. The van der Waals surface area contributed by atoms with Crippen LogP contribution in [0.2, 0.25) is 0 Å². The number of likely N-dealkylation sites (N-methyl/N-ethyl adjacent to an activating group) is 1. The monoisotopic (exact) mass is 1160 g/mol. The number of carbonyl (C=O) groups is 2. The molecule has 0 bridgehead atoms. The Hall–Kier alpha value is -1.77. The molecule has 0 aromatic heterocycles. The van der Waals surface area contributed by atoms with E-state index in [1.165, 1.54) is 257 Å². The molecule has 0 saturated carbocycles. The molecule has 0 heterocycles. The minimum Gasteiger partial charge on any atom is -0.456 e. The Morgan fingerprint density at radius 2 is 0.753 bits per heavy atom. The molecule has 0 spiro atoms. The number of hydrogen-bond donors (Lipinski definition) is 2. The van der Waals surface area contributed by atoms with Crippen LogP contribution in [-0.4, -0.2) is 74.3 Å². The third-order valence-electron chi connectivity index (χ3n) is 16.1. The highest BCUT2D eigenvalue weighted by Crippen LogP contribution is 2.43. The molecule has 0 aromatic carbocycles. The van der Waals surface area contributed by atoms with E-state index < -0.39 is 20.0 Å². The first kappa shape index (κ1) is 79.2. The molecule has 1 amide bonds. The molecule has 0 fully saturated rings.